The summed E-state index contributed by atoms with van der Waals surface area (Å²) in [7, 11) is 0. The molecule has 0 aromatic carbocycles. The minimum Gasteiger partial charge on any atom is -0.411 e. The number of rotatable bonds is 3. The predicted octanol–water partition coefficient (Wildman–Crippen LogP) is 2.76. The first-order valence-electron chi connectivity index (χ1n) is 3.16. The Hall–Kier alpha value is -0.500. The van der Waals surface area contributed by atoms with Crippen LogP contribution in [0.2, 0.25) is 0 Å². The molecule has 2 nitrogen and oxygen atoms in total. The van der Waals surface area contributed by atoms with Crippen LogP contribution in [0, 0.1) is 0 Å². The molecule has 0 unspecified atom stereocenters. The summed E-state index contributed by atoms with van der Waals surface area (Å²) in [6.07, 6.45) is 3.50. The van der Waals surface area contributed by atoms with Gasteiger partial charge in [0.1, 0.15) is 0 Å². The van der Waals surface area contributed by atoms with Gasteiger partial charge < -0.3 is 5.21 Å². The van der Waals surface area contributed by atoms with E-state index in [1.807, 2.05) is 13.0 Å². The Labute approximate surface area is 66.2 Å². The predicted molar refractivity (Wildman–Crippen MR) is 43.7 cm³/mol. The zero-order chi connectivity index (χ0) is 7.98. The highest BCUT2D eigenvalue weighted by Crippen LogP contribution is 2.02. The van der Waals surface area contributed by atoms with Gasteiger partial charge in [-0.05, 0) is 26.7 Å². The number of oxime groups is 1. The molecule has 0 atom stereocenters. The van der Waals surface area contributed by atoms with Crippen molar-refractivity contribution in [2.75, 3.05) is 0 Å². The summed E-state index contributed by atoms with van der Waals surface area (Å²) < 4.78 is 0. The third kappa shape index (κ3) is 5.63. The van der Waals surface area contributed by atoms with Crippen molar-refractivity contribution < 1.29 is 5.21 Å². The van der Waals surface area contributed by atoms with Gasteiger partial charge >= 0.3 is 0 Å². The average Bonchev–Trinajstić information content (AvgIpc) is 1.87. The van der Waals surface area contributed by atoms with E-state index in [1.54, 1.807) is 6.92 Å². The molecular formula is C7H12ClNO. The van der Waals surface area contributed by atoms with Gasteiger partial charge in [-0.3, -0.25) is 0 Å². The lowest BCUT2D eigenvalue weighted by atomic mass is 10.2. The molecule has 58 valence electrons. The van der Waals surface area contributed by atoms with Crippen molar-refractivity contribution in [3.63, 3.8) is 0 Å². The van der Waals surface area contributed by atoms with Crippen molar-refractivity contribution in [3.8, 4) is 0 Å². The second-order valence-corrected chi connectivity index (χ2v) is 2.76. The molecule has 0 aliphatic heterocycles. The number of hydrogen-bond acceptors (Lipinski definition) is 2. The highest BCUT2D eigenvalue weighted by Gasteiger charge is 1.88. The Morgan fingerprint density at radius 3 is 2.60 bits per heavy atom. The van der Waals surface area contributed by atoms with Crippen molar-refractivity contribution >= 4 is 17.3 Å². The van der Waals surface area contributed by atoms with Gasteiger partial charge in [0, 0.05) is 5.03 Å². The summed E-state index contributed by atoms with van der Waals surface area (Å²) in [5, 5.41) is 12.0. The zero-order valence-electron chi connectivity index (χ0n) is 6.26. The average molecular weight is 162 g/mol. The van der Waals surface area contributed by atoms with E-state index in [9.17, 15) is 0 Å². The van der Waals surface area contributed by atoms with Gasteiger partial charge in [0.25, 0.3) is 0 Å². The summed E-state index contributed by atoms with van der Waals surface area (Å²) in [6.45, 7) is 3.60. The van der Waals surface area contributed by atoms with Crippen molar-refractivity contribution in [2.24, 2.45) is 5.16 Å². The summed E-state index contributed by atoms with van der Waals surface area (Å²) in [5.74, 6) is 0. The molecule has 0 aromatic rings. The number of nitrogens with zero attached hydrogens (tertiary/aromatic N) is 1. The fourth-order valence-corrected chi connectivity index (χ4v) is 0.639. The largest absolute Gasteiger partial charge is 0.411 e. The normalized spacial score (nSPS) is 13.9. The fourth-order valence-electron chi connectivity index (χ4n) is 0.530. The van der Waals surface area contributed by atoms with Crippen molar-refractivity contribution in [1.29, 1.82) is 0 Å². The molecule has 0 fully saturated rings. The fraction of sp³-hybridized carbons (Fsp3) is 0.571. The van der Waals surface area contributed by atoms with E-state index < -0.39 is 0 Å². The van der Waals surface area contributed by atoms with Crippen molar-refractivity contribution in [2.45, 2.75) is 26.7 Å². The Morgan fingerprint density at radius 1 is 1.60 bits per heavy atom. The van der Waals surface area contributed by atoms with E-state index in [0.29, 0.717) is 0 Å². The van der Waals surface area contributed by atoms with Crippen LogP contribution in [-0.4, -0.2) is 10.9 Å². The Balaban J connectivity index is 3.47. The molecule has 0 heterocycles. The van der Waals surface area contributed by atoms with E-state index in [-0.39, 0.29) is 0 Å². The van der Waals surface area contributed by atoms with Gasteiger partial charge in [0.2, 0.25) is 0 Å². The van der Waals surface area contributed by atoms with Crippen LogP contribution in [0.25, 0.3) is 0 Å². The molecule has 0 aliphatic carbocycles. The van der Waals surface area contributed by atoms with Crippen LogP contribution in [0.1, 0.15) is 26.7 Å². The van der Waals surface area contributed by atoms with Crippen molar-refractivity contribution in [1.82, 2.24) is 0 Å². The summed E-state index contributed by atoms with van der Waals surface area (Å²) in [5.41, 5.74) is 0.731. The van der Waals surface area contributed by atoms with Crippen LogP contribution in [0.5, 0.6) is 0 Å². The van der Waals surface area contributed by atoms with Crippen LogP contribution in [0.15, 0.2) is 16.3 Å². The second-order valence-electron chi connectivity index (χ2n) is 2.16. The molecule has 1 N–H and O–H groups in total. The van der Waals surface area contributed by atoms with Gasteiger partial charge in [-0.2, -0.15) is 0 Å². The molecule has 0 amide bonds. The quantitative estimate of drug-likeness (QED) is 0.385. The molecule has 0 saturated heterocycles. The van der Waals surface area contributed by atoms with Crippen LogP contribution < -0.4 is 0 Å². The zero-order valence-corrected chi connectivity index (χ0v) is 7.02. The number of hydrogen-bond donors (Lipinski definition) is 1. The number of allylic oxidation sites excluding steroid dienone is 2. The van der Waals surface area contributed by atoms with E-state index in [2.05, 4.69) is 5.16 Å². The molecule has 0 aromatic heterocycles. The Morgan fingerprint density at radius 2 is 2.20 bits per heavy atom. The van der Waals surface area contributed by atoms with E-state index >= 15 is 0 Å². The third-order valence-corrected chi connectivity index (χ3v) is 1.26. The van der Waals surface area contributed by atoms with Crippen molar-refractivity contribution in [3.05, 3.63) is 11.1 Å². The SMILES string of the molecule is C/C(CC/C=C(\C)Cl)=N/O. The molecule has 0 radical (unpaired) electrons. The first-order valence-corrected chi connectivity index (χ1v) is 3.54. The minimum absolute atomic E-state index is 0.731. The lowest BCUT2D eigenvalue weighted by Gasteiger charge is -1.91. The second kappa shape index (κ2) is 5.30. The molecule has 3 heteroatoms. The maximum atomic E-state index is 8.23. The summed E-state index contributed by atoms with van der Waals surface area (Å²) in [6, 6.07) is 0. The molecule has 0 spiro atoms. The lowest BCUT2D eigenvalue weighted by Crippen LogP contribution is -1.88. The maximum Gasteiger partial charge on any atom is 0.0543 e. The monoisotopic (exact) mass is 161 g/mol. The van der Waals surface area contributed by atoms with Gasteiger partial charge in [-0.1, -0.05) is 22.8 Å². The molecule has 10 heavy (non-hydrogen) atoms. The Kier molecular flexibility index (Phi) is 5.03. The Bertz CT molecular complexity index is 148. The van der Waals surface area contributed by atoms with E-state index in [1.165, 1.54) is 0 Å². The van der Waals surface area contributed by atoms with Crippen LogP contribution in [-0.2, 0) is 0 Å². The van der Waals surface area contributed by atoms with E-state index in [4.69, 9.17) is 16.8 Å². The highest BCUT2D eigenvalue weighted by molar-refractivity contribution is 6.29. The van der Waals surface area contributed by atoms with Gasteiger partial charge in [-0.15, -0.1) is 0 Å². The van der Waals surface area contributed by atoms with Crippen LogP contribution >= 0.6 is 11.6 Å². The summed E-state index contributed by atoms with van der Waals surface area (Å²) in [4.78, 5) is 0. The first-order chi connectivity index (χ1) is 4.66. The molecule has 0 rings (SSSR count). The first kappa shape index (κ1) is 9.50. The molecule has 0 aliphatic rings. The van der Waals surface area contributed by atoms with Crippen LogP contribution in [0.4, 0.5) is 0 Å². The standard InChI is InChI=1S/C7H12ClNO/c1-6(8)4-3-5-7(2)9-10/h4,10H,3,5H2,1-2H3/b6-4+,9-7-. The minimum atomic E-state index is 0.731. The molecule has 0 bridgehead atoms. The van der Waals surface area contributed by atoms with Gasteiger partial charge in [-0.25, -0.2) is 0 Å². The third-order valence-electron chi connectivity index (χ3n) is 1.10. The van der Waals surface area contributed by atoms with Gasteiger partial charge in [0.05, 0.1) is 5.71 Å². The van der Waals surface area contributed by atoms with E-state index in [0.717, 1.165) is 23.6 Å². The lowest BCUT2D eigenvalue weighted by molar-refractivity contribution is 0.317. The topological polar surface area (TPSA) is 32.6 Å². The maximum absolute atomic E-state index is 8.23. The van der Waals surface area contributed by atoms with Gasteiger partial charge in [0.15, 0.2) is 0 Å². The molecule has 0 saturated carbocycles. The smallest absolute Gasteiger partial charge is 0.0543 e. The summed E-state index contributed by atoms with van der Waals surface area (Å²) >= 11 is 5.56. The molecular weight excluding hydrogens is 150 g/mol. The highest BCUT2D eigenvalue weighted by atomic mass is 35.5. The van der Waals surface area contributed by atoms with Crippen LogP contribution in [0.3, 0.4) is 0 Å². The number of halogens is 1.